The molecule has 2 aromatic carbocycles. The van der Waals surface area contributed by atoms with E-state index in [1.54, 1.807) is 17.5 Å². The molecule has 0 bridgehead atoms. The number of fused-ring (bicyclic) bond motifs is 2. The van der Waals surface area contributed by atoms with E-state index in [1.807, 2.05) is 30.3 Å². The van der Waals surface area contributed by atoms with Crippen molar-refractivity contribution in [3.05, 3.63) is 82.5 Å². The first-order valence-corrected chi connectivity index (χ1v) is 11.6. The van der Waals surface area contributed by atoms with Crippen LogP contribution in [0.5, 0.6) is 11.5 Å². The van der Waals surface area contributed by atoms with Crippen molar-refractivity contribution in [2.45, 2.75) is 17.7 Å². The minimum Gasteiger partial charge on any atom is -0.490 e. The lowest BCUT2D eigenvalue weighted by molar-refractivity contribution is 0.297. The molecular weight excluding hydrogens is 436 g/mol. The number of thiophene rings is 1. The lowest BCUT2D eigenvalue weighted by Crippen LogP contribution is -1.97. The van der Waals surface area contributed by atoms with Gasteiger partial charge in [0.25, 0.3) is 0 Å². The maximum Gasteiger partial charge on any atom is 0.162 e. The summed E-state index contributed by atoms with van der Waals surface area (Å²) < 4.78 is 12.1. The predicted octanol–water partition coefficient (Wildman–Crippen LogP) is 6.35. The van der Waals surface area contributed by atoms with Gasteiger partial charge in [0.2, 0.25) is 0 Å². The monoisotopic (exact) mass is 456 g/mol. The number of hydrogen-bond acceptors (Lipinski definition) is 6. The molecule has 154 valence electrons. The highest BCUT2D eigenvalue weighted by molar-refractivity contribution is 7.97. The molecule has 0 amide bonds. The smallest absolute Gasteiger partial charge is 0.162 e. The van der Waals surface area contributed by atoms with Gasteiger partial charge in [-0.1, -0.05) is 41.9 Å². The first kappa shape index (κ1) is 21.0. The Morgan fingerprint density at radius 2 is 1.80 bits per heavy atom. The Balaban J connectivity index is 0.000000151. The molecule has 3 heterocycles. The fourth-order valence-electron chi connectivity index (χ4n) is 3.09. The molecule has 30 heavy (non-hydrogen) atoms. The second-order valence-electron chi connectivity index (χ2n) is 6.67. The second-order valence-corrected chi connectivity index (χ2v) is 8.87. The summed E-state index contributed by atoms with van der Waals surface area (Å²) in [5, 5.41) is 7.23. The zero-order valence-corrected chi connectivity index (χ0v) is 18.6. The molecule has 4 nitrogen and oxygen atoms in total. The topological polar surface area (TPSA) is 57.4 Å². The Labute approximate surface area is 189 Å². The highest BCUT2D eigenvalue weighted by Crippen LogP contribution is 2.33. The summed E-state index contributed by atoms with van der Waals surface area (Å²) in [6, 6.07) is 20.4. The summed E-state index contributed by atoms with van der Waals surface area (Å²) in [5.74, 6) is 1.61. The standard InChI is InChI=1S/C14H10ClNS.C9H11NO2S/c15-14-13-11(6-7-16-14)9-12(17-13)8-10-4-2-1-3-5-10;10-13-7-2-3-8-9(6-7)12-5-1-4-11-8/h1-7,9H,8H2;2-3,6H,1,4-5,10H2. The lowest BCUT2D eigenvalue weighted by atomic mass is 10.1. The van der Waals surface area contributed by atoms with Crippen molar-refractivity contribution in [1.82, 2.24) is 4.98 Å². The van der Waals surface area contributed by atoms with E-state index in [0.717, 1.165) is 40.5 Å². The average Bonchev–Trinajstić information content (AvgIpc) is 3.04. The van der Waals surface area contributed by atoms with Gasteiger partial charge in [-0.25, -0.2) is 4.98 Å². The molecule has 0 unspecified atom stereocenters. The first-order valence-electron chi connectivity index (χ1n) is 9.56. The van der Waals surface area contributed by atoms with Crippen LogP contribution in [0.25, 0.3) is 10.1 Å². The van der Waals surface area contributed by atoms with E-state index in [-0.39, 0.29) is 0 Å². The molecule has 5 rings (SSSR count). The summed E-state index contributed by atoms with van der Waals surface area (Å²) in [5.41, 5.74) is 1.32. The van der Waals surface area contributed by atoms with Crippen LogP contribution in [0.15, 0.2) is 71.8 Å². The third kappa shape index (κ3) is 5.26. The number of rotatable bonds is 3. The molecule has 0 atom stereocenters. The molecule has 7 heteroatoms. The van der Waals surface area contributed by atoms with E-state index in [1.165, 1.54) is 27.8 Å². The molecule has 2 aromatic heterocycles. The molecule has 0 saturated carbocycles. The number of benzene rings is 2. The van der Waals surface area contributed by atoms with Gasteiger partial charge in [-0.15, -0.1) is 11.3 Å². The number of hydrogen-bond donors (Lipinski definition) is 1. The minimum atomic E-state index is 0.604. The predicted molar refractivity (Wildman–Crippen MR) is 126 cm³/mol. The van der Waals surface area contributed by atoms with E-state index in [9.17, 15) is 0 Å². The number of ether oxygens (including phenoxy) is 2. The van der Waals surface area contributed by atoms with Crippen LogP contribution in [0, 0.1) is 0 Å². The minimum absolute atomic E-state index is 0.604. The van der Waals surface area contributed by atoms with Crippen LogP contribution in [0.1, 0.15) is 16.9 Å². The highest BCUT2D eigenvalue weighted by atomic mass is 35.5. The molecule has 0 spiro atoms. The number of halogens is 1. The van der Waals surface area contributed by atoms with Crippen LogP contribution in [0.3, 0.4) is 0 Å². The summed E-state index contributed by atoms with van der Waals surface area (Å²) in [7, 11) is 0. The van der Waals surface area contributed by atoms with Gasteiger partial charge in [0.05, 0.1) is 17.9 Å². The highest BCUT2D eigenvalue weighted by Gasteiger charge is 2.10. The van der Waals surface area contributed by atoms with Crippen LogP contribution < -0.4 is 14.6 Å². The van der Waals surface area contributed by atoms with Gasteiger partial charge in [-0.05, 0) is 53.2 Å². The Morgan fingerprint density at radius 3 is 2.57 bits per heavy atom. The molecule has 0 radical (unpaired) electrons. The molecule has 4 aromatic rings. The number of nitrogens with zero attached hydrogens (tertiary/aromatic N) is 1. The summed E-state index contributed by atoms with van der Waals surface area (Å²) in [6.45, 7) is 1.44. The summed E-state index contributed by atoms with van der Waals surface area (Å²) in [4.78, 5) is 6.41. The van der Waals surface area contributed by atoms with Crippen LogP contribution in [0.4, 0.5) is 0 Å². The van der Waals surface area contributed by atoms with Crippen molar-refractivity contribution < 1.29 is 9.47 Å². The van der Waals surface area contributed by atoms with Gasteiger partial charge in [0, 0.05) is 28.8 Å². The fraction of sp³-hybridized carbons (Fsp3) is 0.174. The van der Waals surface area contributed by atoms with Crippen molar-refractivity contribution in [2.75, 3.05) is 13.2 Å². The zero-order valence-electron chi connectivity index (χ0n) is 16.2. The average molecular weight is 457 g/mol. The van der Waals surface area contributed by atoms with Gasteiger partial charge < -0.3 is 9.47 Å². The Bertz CT molecular complexity index is 1120. The molecule has 2 N–H and O–H groups in total. The molecular formula is C23H21ClN2O2S2. The summed E-state index contributed by atoms with van der Waals surface area (Å²) >= 11 is 9.01. The Kier molecular flexibility index (Phi) is 7.12. The molecule has 0 saturated heterocycles. The lowest BCUT2D eigenvalue weighted by Gasteiger charge is -2.07. The van der Waals surface area contributed by atoms with Crippen molar-refractivity contribution in [3.63, 3.8) is 0 Å². The van der Waals surface area contributed by atoms with Crippen molar-refractivity contribution >= 4 is 45.0 Å². The molecule has 1 aliphatic rings. The van der Waals surface area contributed by atoms with E-state index >= 15 is 0 Å². The zero-order chi connectivity index (χ0) is 20.8. The van der Waals surface area contributed by atoms with Crippen LogP contribution in [-0.4, -0.2) is 18.2 Å². The first-order chi connectivity index (χ1) is 14.7. The van der Waals surface area contributed by atoms with Crippen molar-refractivity contribution in [3.8, 4) is 11.5 Å². The fourth-order valence-corrected chi connectivity index (χ4v) is 4.76. The van der Waals surface area contributed by atoms with Gasteiger partial charge >= 0.3 is 0 Å². The third-order valence-electron chi connectivity index (χ3n) is 4.52. The number of pyridine rings is 1. The van der Waals surface area contributed by atoms with Crippen molar-refractivity contribution in [1.29, 1.82) is 0 Å². The maximum atomic E-state index is 6.07. The Hall–Kier alpha value is -2.25. The van der Waals surface area contributed by atoms with E-state index in [2.05, 4.69) is 35.3 Å². The second kappa shape index (κ2) is 10.2. The number of aromatic nitrogens is 1. The summed E-state index contributed by atoms with van der Waals surface area (Å²) in [6.07, 6.45) is 3.64. The SMILES string of the molecule is Clc1nccc2cc(Cc3ccccc3)sc12.NSc1ccc2c(c1)OCCCO2. The van der Waals surface area contributed by atoms with Gasteiger partial charge in [0.1, 0.15) is 5.15 Å². The van der Waals surface area contributed by atoms with Crippen LogP contribution in [0.2, 0.25) is 5.15 Å². The number of nitrogens with two attached hydrogens (primary N) is 1. The van der Waals surface area contributed by atoms with Crippen LogP contribution in [-0.2, 0) is 6.42 Å². The van der Waals surface area contributed by atoms with E-state index in [4.69, 9.17) is 26.2 Å². The van der Waals surface area contributed by atoms with Gasteiger partial charge in [-0.2, -0.15) is 0 Å². The van der Waals surface area contributed by atoms with Crippen molar-refractivity contribution in [2.24, 2.45) is 5.14 Å². The van der Waals surface area contributed by atoms with E-state index in [0.29, 0.717) is 11.8 Å². The van der Waals surface area contributed by atoms with E-state index < -0.39 is 0 Å². The van der Waals surface area contributed by atoms with Gasteiger partial charge in [-0.3, -0.25) is 5.14 Å². The van der Waals surface area contributed by atoms with Gasteiger partial charge in [0.15, 0.2) is 11.5 Å². The quantitative estimate of drug-likeness (QED) is 0.287. The Morgan fingerprint density at radius 1 is 1.00 bits per heavy atom. The molecule has 1 aliphatic heterocycles. The third-order valence-corrected chi connectivity index (χ3v) is 6.60. The maximum absolute atomic E-state index is 6.07. The molecule has 0 fully saturated rings. The van der Waals surface area contributed by atoms with Crippen LogP contribution >= 0.6 is 34.9 Å². The molecule has 0 aliphatic carbocycles. The normalized spacial score (nSPS) is 12.7. The largest absolute Gasteiger partial charge is 0.490 e.